The van der Waals surface area contributed by atoms with Crippen LogP contribution in [0.25, 0.3) is 22.3 Å². The van der Waals surface area contributed by atoms with Crippen LogP contribution in [0, 0.1) is 0 Å². The van der Waals surface area contributed by atoms with Crippen LogP contribution in [0.1, 0.15) is 6.92 Å². The summed E-state index contributed by atoms with van der Waals surface area (Å²) < 4.78 is 11.2. The molecular weight excluding hydrogens is 304 g/mol. The van der Waals surface area contributed by atoms with Crippen molar-refractivity contribution in [1.82, 2.24) is 9.97 Å². The second kappa shape index (κ2) is 5.81. The van der Waals surface area contributed by atoms with Crippen LogP contribution < -0.4 is 15.2 Å². The van der Waals surface area contributed by atoms with Crippen molar-refractivity contribution in [2.45, 2.75) is 6.92 Å². The summed E-state index contributed by atoms with van der Waals surface area (Å²) in [7, 11) is 0. The molecule has 0 amide bonds. The number of hydrogen-bond acceptors (Lipinski definition) is 5. The van der Waals surface area contributed by atoms with E-state index in [9.17, 15) is 0 Å². The quantitative estimate of drug-likeness (QED) is 0.579. The van der Waals surface area contributed by atoms with Gasteiger partial charge in [0.25, 0.3) is 0 Å². The minimum absolute atomic E-state index is 0.517. The lowest BCUT2D eigenvalue weighted by Crippen LogP contribution is -2.15. The molecule has 120 valence electrons. The van der Waals surface area contributed by atoms with Crippen LogP contribution in [0.3, 0.4) is 0 Å². The summed E-state index contributed by atoms with van der Waals surface area (Å²) in [5.41, 5.74) is 8.15. The van der Waals surface area contributed by atoms with Crippen LogP contribution in [0.5, 0.6) is 11.5 Å². The topological polar surface area (TPSA) is 82.6 Å². The first kappa shape index (κ1) is 14.4. The Morgan fingerprint density at radius 2 is 1.92 bits per heavy atom. The molecule has 2 aromatic carbocycles. The lowest BCUT2D eigenvalue weighted by molar-refractivity contribution is 0.171. The highest BCUT2D eigenvalue weighted by Gasteiger charge is 2.13. The fraction of sp³-hybridized carbons (Fsp3) is 0.167. The Morgan fingerprint density at radius 1 is 1.08 bits per heavy atom. The van der Waals surface area contributed by atoms with Gasteiger partial charge in [-0.2, -0.15) is 0 Å². The molecule has 6 heteroatoms. The first-order chi connectivity index (χ1) is 11.7. The Morgan fingerprint density at radius 3 is 2.75 bits per heavy atom. The van der Waals surface area contributed by atoms with E-state index in [1.165, 1.54) is 0 Å². The van der Waals surface area contributed by atoms with Gasteiger partial charge in [-0.25, -0.2) is 15.0 Å². The summed E-state index contributed by atoms with van der Waals surface area (Å²) in [4.78, 5) is 13.3. The van der Waals surface area contributed by atoms with Crippen LogP contribution >= 0.6 is 0 Å². The normalized spacial score (nSPS) is 14.0. The van der Waals surface area contributed by atoms with Gasteiger partial charge in [0.2, 0.25) is 0 Å². The molecule has 1 aromatic heterocycles. The van der Waals surface area contributed by atoms with Crippen molar-refractivity contribution in [2.24, 2.45) is 10.7 Å². The van der Waals surface area contributed by atoms with E-state index in [0.29, 0.717) is 24.9 Å². The molecule has 0 atom stereocenters. The van der Waals surface area contributed by atoms with Crippen molar-refractivity contribution in [3.05, 3.63) is 42.6 Å². The maximum atomic E-state index is 5.62. The molecule has 0 spiro atoms. The summed E-state index contributed by atoms with van der Waals surface area (Å²) in [6.07, 6.45) is 1.79. The fourth-order valence-corrected chi connectivity index (χ4v) is 2.62. The van der Waals surface area contributed by atoms with Crippen molar-refractivity contribution in [1.29, 1.82) is 0 Å². The zero-order chi connectivity index (χ0) is 16.5. The van der Waals surface area contributed by atoms with Gasteiger partial charge in [-0.05, 0) is 43.3 Å². The van der Waals surface area contributed by atoms with Gasteiger partial charge in [-0.1, -0.05) is 0 Å². The Kier molecular flexibility index (Phi) is 3.49. The molecule has 24 heavy (non-hydrogen) atoms. The molecule has 0 fully saturated rings. The van der Waals surface area contributed by atoms with Gasteiger partial charge in [-0.3, -0.25) is 0 Å². The molecule has 6 nitrogen and oxygen atoms in total. The summed E-state index contributed by atoms with van der Waals surface area (Å²) in [6.45, 7) is 2.89. The van der Waals surface area contributed by atoms with Crippen LogP contribution in [0.15, 0.2) is 47.6 Å². The van der Waals surface area contributed by atoms with Gasteiger partial charge < -0.3 is 15.2 Å². The van der Waals surface area contributed by atoms with Gasteiger partial charge in [0.05, 0.1) is 17.0 Å². The Labute approximate surface area is 139 Å². The molecule has 1 aliphatic rings. The zero-order valence-corrected chi connectivity index (χ0v) is 13.2. The predicted octanol–water partition coefficient (Wildman–Crippen LogP) is 3.08. The minimum Gasteiger partial charge on any atom is -0.486 e. The highest BCUT2D eigenvalue weighted by molar-refractivity contribution is 5.86. The molecule has 1 aliphatic heterocycles. The second-order valence-corrected chi connectivity index (χ2v) is 5.55. The number of amidine groups is 1. The van der Waals surface area contributed by atoms with Crippen molar-refractivity contribution in [3.8, 4) is 22.9 Å². The highest BCUT2D eigenvalue weighted by Crippen LogP contribution is 2.33. The van der Waals surface area contributed by atoms with E-state index in [4.69, 9.17) is 15.2 Å². The number of fused-ring (bicyclic) bond motifs is 2. The van der Waals surface area contributed by atoms with Gasteiger partial charge in [0.15, 0.2) is 17.3 Å². The first-order valence-corrected chi connectivity index (χ1v) is 7.67. The van der Waals surface area contributed by atoms with Crippen molar-refractivity contribution in [2.75, 3.05) is 13.2 Å². The lowest BCUT2D eigenvalue weighted by Gasteiger charge is -2.18. The standard InChI is InChI=1S/C18H16N4O2/c1-11(19)21-14-3-4-15-13(8-14)10-20-18(22-15)12-2-5-16-17(9-12)24-7-6-23-16/h2-5,8-10H,6-7H2,1H3,(H2,19,21). The number of rotatable bonds is 2. The van der Waals surface area contributed by atoms with E-state index in [0.717, 1.165) is 33.7 Å². The average molecular weight is 320 g/mol. The molecule has 0 radical (unpaired) electrons. The van der Waals surface area contributed by atoms with E-state index in [1.807, 2.05) is 36.4 Å². The van der Waals surface area contributed by atoms with E-state index >= 15 is 0 Å². The molecular formula is C18H16N4O2. The molecule has 4 rings (SSSR count). The zero-order valence-electron chi connectivity index (χ0n) is 13.2. The SMILES string of the molecule is CC(N)=Nc1ccc2nc(-c3ccc4c(c3)OCCO4)ncc2c1. The summed E-state index contributed by atoms with van der Waals surface area (Å²) in [5, 5.41) is 0.916. The minimum atomic E-state index is 0.517. The number of aromatic nitrogens is 2. The molecule has 2 heterocycles. The fourth-order valence-electron chi connectivity index (χ4n) is 2.62. The molecule has 0 bridgehead atoms. The monoisotopic (exact) mass is 320 g/mol. The first-order valence-electron chi connectivity index (χ1n) is 7.67. The number of nitrogens with zero attached hydrogens (tertiary/aromatic N) is 3. The highest BCUT2D eigenvalue weighted by atomic mass is 16.6. The van der Waals surface area contributed by atoms with Crippen molar-refractivity contribution >= 4 is 22.4 Å². The smallest absolute Gasteiger partial charge is 0.162 e. The number of hydrogen-bond donors (Lipinski definition) is 1. The second-order valence-electron chi connectivity index (χ2n) is 5.55. The molecule has 0 saturated carbocycles. The molecule has 3 aromatic rings. The van der Waals surface area contributed by atoms with Crippen LogP contribution in [0.2, 0.25) is 0 Å². The Hall–Kier alpha value is -3.15. The van der Waals surface area contributed by atoms with Gasteiger partial charge >= 0.3 is 0 Å². The summed E-state index contributed by atoms with van der Waals surface area (Å²) in [6, 6.07) is 11.5. The van der Waals surface area contributed by atoms with Crippen LogP contribution in [-0.2, 0) is 0 Å². The average Bonchev–Trinajstić information content (AvgIpc) is 2.60. The molecule has 0 aliphatic carbocycles. The van der Waals surface area contributed by atoms with E-state index in [2.05, 4.69) is 15.0 Å². The third kappa shape index (κ3) is 2.74. The van der Waals surface area contributed by atoms with Crippen molar-refractivity contribution in [3.63, 3.8) is 0 Å². The van der Waals surface area contributed by atoms with E-state index in [1.54, 1.807) is 13.1 Å². The number of benzene rings is 2. The summed E-state index contributed by atoms with van der Waals surface area (Å²) >= 11 is 0. The maximum absolute atomic E-state index is 5.62. The van der Waals surface area contributed by atoms with Crippen molar-refractivity contribution < 1.29 is 9.47 Å². The molecule has 0 unspecified atom stereocenters. The Balaban J connectivity index is 1.74. The third-order valence-corrected chi connectivity index (χ3v) is 3.67. The number of nitrogens with two attached hydrogens (primary N) is 1. The summed E-state index contributed by atoms with van der Waals surface area (Å²) in [5.74, 6) is 2.64. The molecule has 0 saturated heterocycles. The number of aliphatic imine (C=N–C) groups is 1. The van der Waals surface area contributed by atoms with Crippen LogP contribution in [-0.4, -0.2) is 29.0 Å². The van der Waals surface area contributed by atoms with Gasteiger partial charge in [0.1, 0.15) is 13.2 Å². The van der Waals surface area contributed by atoms with Gasteiger partial charge in [0, 0.05) is 17.1 Å². The predicted molar refractivity (Wildman–Crippen MR) is 92.9 cm³/mol. The van der Waals surface area contributed by atoms with E-state index in [-0.39, 0.29) is 0 Å². The third-order valence-electron chi connectivity index (χ3n) is 3.67. The largest absolute Gasteiger partial charge is 0.486 e. The molecule has 2 N–H and O–H groups in total. The number of ether oxygens (including phenoxy) is 2. The maximum Gasteiger partial charge on any atom is 0.162 e. The van der Waals surface area contributed by atoms with Gasteiger partial charge in [-0.15, -0.1) is 0 Å². The Bertz CT molecular complexity index is 949. The lowest BCUT2D eigenvalue weighted by atomic mass is 10.1. The van der Waals surface area contributed by atoms with E-state index < -0.39 is 0 Å². The van der Waals surface area contributed by atoms with Crippen LogP contribution in [0.4, 0.5) is 5.69 Å².